The third kappa shape index (κ3) is 4.60. The molecule has 1 fully saturated rings. The molecule has 0 bridgehead atoms. The molecule has 1 saturated heterocycles. The summed E-state index contributed by atoms with van der Waals surface area (Å²) < 4.78 is 13.2. The Hall–Kier alpha value is -3.00. The van der Waals surface area contributed by atoms with E-state index in [0.717, 1.165) is 5.69 Å². The second-order valence-corrected chi connectivity index (χ2v) is 8.29. The van der Waals surface area contributed by atoms with E-state index in [2.05, 4.69) is 5.32 Å². The maximum atomic E-state index is 13.2. The molecule has 7 heteroatoms. The molecule has 0 spiro atoms. The third-order valence-electron chi connectivity index (χ3n) is 5.82. The Bertz CT molecular complexity index is 1080. The van der Waals surface area contributed by atoms with Gasteiger partial charge in [-0.25, -0.2) is 4.39 Å². The highest BCUT2D eigenvalue weighted by molar-refractivity contribution is 7.80. The molecular weight excluding hydrogens is 427 g/mol. The van der Waals surface area contributed by atoms with E-state index >= 15 is 0 Å². The number of aromatic hydroxyl groups is 1. The molecule has 166 valence electrons. The maximum Gasteiger partial charge on any atom is 0.174 e. The van der Waals surface area contributed by atoms with Gasteiger partial charge in [-0.05, 0) is 66.5 Å². The van der Waals surface area contributed by atoms with Crippen LogP contribution in [0.5, 0.6) is 5.75 Å². The lowest BCUT2D eigenvalue weighted by atomic mass is 9.92. The number of aliphatic hydroxyl groups excluding tert-OH is 2. The highest BCUT2D eigenvalue weighted by atomic mass is 32.1. The Morgan fingerprint density at radius 3 is 2.41 bits per heavy atom. The SMILES string of the molecule is OCc1ccc([C@@H]2[C@H](CC[C@H](O)c3ccc(F)cc3)NC(=S)N2c2ccccc2)c(O)c1. The number of hydrogen-bond acceptors (Lipinski definition) is 4. The number of anilines is 1. The van der Waals surface area contributed by atoms with Crippen LogP contribution in [0.15, 0.2) is 72.8 Å². The van der Waals surface area contributed by atoms with Crippen LogP contribution in [0.4, 0.5) is 10.1 Å². The third-order valence-corrected chi connectivity index (χ3v) is 6.14. The molecule has 1 aliphatic rings. The average molecular weight is 453 g/mol. The van der Waals surface area contributed by atoms with Crippen LogP contribution in [0, 0.1) is 5.82 Å². The van der Waals surface area contributed by atoms with Gasteiger partial charge in [-0.3, -0.25) is 0 Å². The first-order valence-electron chi connectivity index (χ1n) is 10.5. The van der Waals surface area contributed by atoms with E-state index in [0.29, 0.717) is 34.6 Å². The summed E-state index contributed by atoms with van der Waals surface area (Å²) >= 11 is 5.65. The molecule has 3 aromatic rings. The first-order valence-corrected chi connectivity index (χ1v) is 10.9. The number of nitrogens with one attached hydrogen (secondary N) is 1. The summed E-state index contributed by atoms with van der Waals surface area (Å²) in [6, 6.07) is 20.2. The Morgan fingerprint density at radius 2 is 1.75 bits per heavy atom. The molecular formula is C25H25FN2O3S. The number of phenols is 1. The molecule has 0 unspecified atom stereocenters. The zero-order valence-corrected chi connectivity index (χ0v) is 18.2. The number of nitrogens with zero attached hydrogens (tertiary/aromatic N) is 1. The molecule has 0 amide bonds. The van der Waals surface area contributed by atoms with Crippen LogP contribution >= 0.6 is 12.2 Å². The van der Waals surface area contributed by atoms with E-state index in [-0.39, 0.29) is 30.3 Å². The molecule has 5 nitrogen and oxygen atoms in total. The predicted octanol–water partition coefficient (Wildman–Crippen LogP) is 4.34. The van der Waals surface area contributed by atoms with Crippen LogP contribution in [0.3, 0.4) is 0 Å². The minimum atomic E-state index is -0.747. The van der Waals surface area contributed by atoms with E-state index in [4.69, 9.17) is 12.2 Å². The number of thiocarbonyl (C=S) groups is 1. The molecule has 0 saturated carbocycles. The number of para-hydroxylation sites is 1. The van der Waals surface area contributed by atoms with Crippen molar-refractivity contribution in [3.8, 4) is 5.75 Å². The Balaban J connectivity index is 1.63. The molecule has 1 aliphatic heterocycles. The Morgan fingerprint density at radius 1 is 1.03 bits per heavy atom. The van der Waals surface area contributed by atoms with Gasteiger partial charge < -0.3 is 25.5 Å². The normalized spacial score (nSPS) is 19.1. The van der Waals surface area contributed by atoms with Crippen molar-refractivity contribution in [3.63, 3.8) is 0 Å². The molecule has 4 N–H and O–H groups in total. The van der Waals surface area contributed by atoms with E-state index in [1.54, 1.807) is 30.3 Å². The molecule has 3 atom stereocenters. The van der Waals surface area contributed by atoms with Crippen molar-refractivity contribution in [2.24, 2.45) is 0 Å². The summed E-state index contributed by atoms with van der Waals surface area (Å²) in [5.41, 5.74) is 2.84. The molecule has 0 radical (unpaired) electrons. The summed E-state index contributed by atoms with van der Waals surface area (Å²) in [5, 5.41) is 34.7. The lowest BCUT2D eigenvalue weighted by molar-refractivity contribution is 0.159. The first-order chi connectivity index (χ1) is 15.5. The minimum absolute atomic E-state index is 0.0815. The number of benzene rings is 3. The summed E-state index contributed by atoms with van der Waals surface area (Å²) in [6.45, 7) is -0.162. The second-order valence-electron chi connectivity index (χ2n) is 7.90. The largest absolute Gasteiger partial charge is 0.508 e. The van der Waals surface area contributed by atoms with E-state index in [1.807, 2.05) is 35.2 Å². The quantitative estimate of drug-likeness (QED) is 0.400. The first kappa shape index (κ1) is 22.2. The van der Waals surface area contributed by atoms with Gasteiger partial charge in [0, 0.05) is 11.3 Å². The van der Waals surface area contributed by atoms with E-state index < -0.39 is 6.10 Å². The van der Waals surface area contributed by atoms with Crippen molar-refractivity contribution in [2.75, 3.05) is 4.90 Å². The van der Waals surface area contributed by atoms with Gasteiger partial charge in [-0.15, -0.1) is 0 Å². The van der Waals surface area contributed by atoms with Gasteiger partial charge in [-0.1, -0.05) is 42.5 Å². The standard InChI is InChI=1S/C25H25FN2O3S/c26-18-9-7-17(8-10-18)22(30)13-12-21-24(20-11-6-16(15-29)14-23(20)31)28(25(32)27-21)19-4-2-1-3-5-19/h1-11,14,21-22,24,29-31H,12-13,15H2,(H,27,32)/t21-,22-,24+/m0/s1. The monoisotopic (exact) mass is 452 g/mol. The summed E-state index contributed by atoms with van der Waals surface area (Å²) in [4.78, 5) is 1.97. The fourth-order valence-corrected chi connectivity index (χ4v) is 4.56. The molecule has 32 heavy (non-hydrogen) atoms. The number of aliphatic hydroxyl groups is 2. The predicted molar refractivity (Wildman–Crippen MR) is 126 cm³/mol. The Labute approximate surface area is 191 Å². The number of rotatable bonds is 7. The van der Waals surface area contributed by atoms with Gasteiger partial charge >= 0.3 is 0 Å². The zero-order valence-electron chi connectivity index (χ0n) is 17.4. The highest BCUT2D eigenvalue weighted by Crippen LogP contribution is 2.40. The number of phenolic OH excluding ortho intramolecular Hbond substituents is 1. The lowest BCUT2D eigenvalue weighted by Crippen LogP contribution is -2.29. The van der Waals surface area contributed by atoms with Crippen LogP contribution in [0.1, 0.15) is 41.7 Å². The fourth-order valence-electron chi connectivity index (χ4n) is 4.19. The molecule has 4 rings (SSSR count). The maximum absolute atomic E-state index is 13.2. The van der Waals surface area contributed by atoms with Gasteiger partial charge in [0.2, 0.25) is 0 Å². The van der Waals surface area contributed by atoms with Gasteiger partial charge in [0.25, 0.3) is 0 Å². The highest BCUT2D eigenvalue weighted by Gasteiger charge is 2.40. The topological polar surface area (TPSA) is 76.0 Å². The molecule has 1 heterocycles. The van der Waals surface area contributed by atoms with Crippen molar-refractivity contribution < 1.29 is 19.7 Å². The summed E-state index contributed by atoms with van der Waals surface area (Å²) in [7, 11) is 0. The zero-order chi connectivity index (χ0) is 22.7. The fraction of sp³-hybridized carbons (Fsp3) is 0.240. The smallest absolute Gasteiger partial charge is 0.174 e. The van der Waals surface area contributed by atoms with E-state index in [9.17, 15) is 19.7 Å². The average Bonchev–Trinajstić information content (AvgIpc) is 3.14. The van der Waals surface area contributed by atoms with Gasteiger partial charge in [0.15, 0.2) is 5.11 Å². The van der Waals surface area contributed by atoms with Gasteiger partial charge in [-0.2, -0.15) is 0 Å². The number of halogens is 1. The van der Waals surface area contributed by atoms with E-state index in [1.165, 1.54) is 12.1 Å². The van der Waals surface area contributed by atoms with Gasteiger partial charge in [0.1, 0.15) is 11.6 Å². The molecule has 0 aromatic heterocycles. The Kier molecular flexibility index (Phi) is 6.69. The van der Waals surface area contributed by atoms with Crippen LogP contribution in [-0.2, 0) is 6.61 Å². The van der Waals surface area contributed by atoms with Crippen molar-refractivity contribution >= 4 is 23.0 Å². The summed E-state index contributed by atoms with van der Waals surface area (Å²) in [5.74, 6) is -0.262. The molecule has 0 aliphatic carbocycles. The van der Waals surface area contributed by atoms with Crippen LogP contribution in [-0.4, -0.2) is 26.5 Å². The van der Waals surface area contributed by atoms with Crippen molar-refractivity contribution in [1.82, 2.24) is 5.32 Å². The van der Waals surface area contributed by atoms with Crippen molar-refractivity contribution in [1.29, 1.82) is 0 Å². The van der Waals surface area contributed by atoms with Crippen molar-refractivity contribution in [2.45, 2.75) is 37.6 Å². The lowest BCUT2D eigenvalue weighted by Gasteiger charge is -2.29. The molecule has 3 aromatic carbocycles. The van der Waals surface area contributed by atoms with Crippen LogP contribution in [0.25, 0.3) is 0 Å². The van der Waals surface area contributed by atoms with Crippen LogP contribution in [0.2, 0.25) is 0 Å². The minimum Gasteiger partial charge on any atom is -0.508 e. The van der Waals surface area contributed by atoms with Crippen LogP contribution < -0.4 is 10.2 Å². The van der Waals surface area contributed by atoms with Crippen molar-refractivity contribution in [3.05, 3.63) is 95.3 Å². The number of hydrogen-bond donors (Lipinski definition) is 4. The second kappa shape index (κ2) is 9.65. The summed E-state index contributed by atoms with van der Waals surface area (Å²) in [6.07, 6.45) is 0.247. The van der Waals surface area contributed by atoms with Gasteiger partial charge in [0.05, 0.1) is 24.8 Å².